The fourth-order valence-corrected chi connectivity index (χ4v) is 4.81. The van der Waals surface area contributed by atoms with Crippen LogP contribution in [0.5, 0.6) is 0 Å². The molecular formula is C14H19ClN4O3S2. The summed E-state index contributed by atoms with van der Waals surface area (Å²) < 4.78 is 25.6. The predicted octanol–water partition coefficient (Wildman–Crippen LogP) is 2.20. The van der Waals surface area contributed by atoms with Gasteiger partial charge >= 0.3 is 0 Å². The molecular weight excluding hydrogens is 372 g/mol. The van der Waals surface area contributed by atoms with Crippen molar-refractivity contribution in [2.45, 2.75) is 43.3 Å². The highest BCUT2D eigenvalue weighted by atomic mass is 35.5. The lowest BCUT2D eigenvalue weighted by atomic mass is 10.3. The van der Waals surface area contributed by atoms with Gasteiger partial charge in [0.1, 0.15) is 5.69 Å². The van der Waals surface area contributed by atoms with E-state index in [9.17, 15) is 13.2 Å². The zero-order valence-corrected chi connectivity index (χ0v) is 16.2. The number of hydrogen-bond donors (Lipinski definition) is 1. The molecule has 0 saturated carbocycles. The van der Waals surface area contributed by atoms with Crippen molar-refractivity contribution in [1.29, 1.82) is 0 Å². The minimum Gasteiger partial charge on any atom is -0.345 e. The van der Waals surface area contributed by atoms with Crippen LogP contribution in [0.1, 0.15) is 42.6 Å². The summed E-state index contributed by atoms with van der Waals surface area (Å²) in [6, 6.07) is 0. The highest BCUT2D eigenvalue weighted by Gasteiger charge is 2.24. The first-order valence-corrected chi connectivity index (χ1v) is 10.2. The summed E-state index contributed by atoms with van der Waals surface area (Å²) in [6.45, 7) is 5.23. The molecule has 0 aliphatic rings. The van der Waals surface area contributed by atoms with Gasteiger partial charge < -0.3 is 5.32 Å². The highest BCUT2D eigenvalue weighted by molar-refractivity contribution is 7.93. The summed E-state index contributed by atoms with van der Waals surface area (Å²) in [5, 5.41) is 8.30. The van der Waals surface area contributed by atoms with Crippen molar-refractivity contribution in [3.63, 3.8) is 0 Å². The number of halogens is 1. The van der Waals surface area contributed by atoms with Gasteiger partial charge in [-0.1, -0.05) is 18.5 Å². The summed E-state index contributed by atoms with van der Waals surface area (Å²) in [7, 11) is -1.75. The van der Waals surface area contributed by atoms with Crippen LogP contribution < -0.4 is 5.32 Å². The summed E-state index contributed by atoms with van der Waals surface area (Å²) in [6.07, 6.45) is 0.627. The number of nitrogens with one attached hydrogen (secondary N) is 1. The maximum atomic E-state index is 12.3. The molecule has 0 unspecified atom stereocenters. The van der Waals surface area contributed by atoms with Gasteiger partial charge in [0.05, 0.1) is 28.2 Å². The molecule has 0 saturated heterocycles. The van der Waals surface area contributed by atoms with Crippen molar-refractivity contribution in [1.82, 2.24) is 20.1 Å². The van der Waals surface area contributed by atoms with Gasteiger partial charge in [-0.3, -0.25) is 9.48 Å². The van der Waals surface area contributed by atoms with Gasteiger partial charge in [0.25, 0.3) is 5.91 Å². The number of aryl methyl sites for hydroxylation is 2. The van der Waals surface area contributed by atoms with Gasteiger partial charge in [-0.05, 0) is 20.3 Å². The summed E-state index contributed by atoms with van der Waals surface area (Å²) >= 11 is 7.22. The van der Waals surface area contributed by atoms with Crippen molar-refractivity contribution in [2.24, 2.45) is 7.05 Å². The largest absolute Gasteiger partial charge is 0.345 e. The normalized spacial score (nSPS) is 11.9. The molecule has 0 fully saturated rings. The van der Waals surface area contributed by atoms with Crippen LogP contribution in [0.4, 0.5) is 0 Å². The number of rotatable bonds is 6. The highest BCUT2D eigenvalue weighted by Crippen LogP contribution is 2.22. The number of aromatic nitrogens is 3. The fourth-order valence-electron chi connectivity index (χ4n) is 1.98. The number of sulfone groups is 1. The smallest absolute Gasteiger partial charge is 0.271 e. The molecule has 0 aliphatic carbocycles. The molecule has 1 N–H and O–H groups in total. The SMILES string of the molecule is CCc1nn(C)c(C(=O)NCc2csc(S(=O)(=O)C(C)C)n2)c1Cl. The Morgan fingerprint density at radius 2 is 2.12 bits per heavy atom. The molecule has 2 rings (SSSR count). The van der Waals surface area contributed by atoms with E-state index in [2.05, 4.69) is 15.4 Å². The maximum absolute atomic E-state index is 12.3. The third-order valence-corrected chi connectivity index (χ3v) is 7.32. The van der Waals surface area contributed by atoms with Gasteiger partial charge in [0.15, 0.2) is 0 Å². The maximum Gasteiger partial charge on any atom is 0.271 e. The van der Waals surface area contributed by atoms with Crippen molar-refractivity contribution in [3.05, 3.63) is 27.5 Å². The Bertz CT molecular complexity index is 855. The van der Waals surface area contributed by atoms with Gasteiger partial charge in [-0.25, -0.2) is 13.4 Å². The summed E-state index contributed by atoms with van der Waals surface area (Å²) in [4.78, 5) is 16.4. The zero-order valence-electron chi connectivity index (χ0n) is 13.8. The third kappa shape index (κ3) is 3.62. The summed E-state index contributed by atoms with van der Waals surface area (Å²) in [5.74, 6) is -0.379. The molecule has 0 spiro atoms. The molecule has 1 amide bonds. The van der Waals surface area contributed by atoms with Crippen LogP contribution in [0.2, 0.25) is 5.02 Å². The predicted molar refractivity (Wildman–Crippen MR) is 93.2 cm³/mol. The Balaban J connectivity index is 2.11. The molecule has 2 aromatic heterocycles. The van der Waals surface area contributed by atoms with E-state index in [1.54, 1.807) is 26.3 Å². The number of amides is 1. The van der Waals surface area contributed by atoms with Gasteiger partial charge in [0, 0.05) is 12.4 Å². The quantitative estimate of drug-likeness (QED) is 0.815. The van der Waals surface area contributed by atoms with Crippen molar-refractivity contribution >= 4 is 38.7 Å². The van der Waals surface area contributed by atoms with Crippen LogP contribution in [0.3, 0.4) is 0 Å². The average molecular weight is 391 g/mol. The molecule has 7 nitrogen and oxygen atoms in total. The van der Waals surface area contributed by atoms with E-state index >= 15 is 0 Å². The minimum absolute atomic E-state index is 0.0635. The van der Waals surface area contributed by atoms with Crippen LogP contribution in [0.25, 0.3) is 0 Å². The average Bonchev–Trinajstić information content (AvgIpc) is 3.09. The van der Waals surface area contributed by atoms with Crippen LogP contribution in [0, 0.1) is 0 Å². The Morgan fingerprint density at radius 1 is 1.46 bits per heavy atom. The van der Waals surface area contributed by atoms with Crippen LogP contribution in [0.15, 0.2) is 9.72 Å². The number of carbonyl (C=O) groups excluding carboxylic acids is 1. The first-order chi connectivity index (χ1) is 11.2. The van der Waals surface area contributed by atoms with Crippen LogP contribution >= 0.6 is 22.9 Å². The van der Waals surface area contributed by atoms with Gasteiger partial charge in [-0.2, -0.15) is 5.10 Å². The molecule has 2 aromatic rings. The van der Waals surface area contributed by atoms with Gasteiger partial charge in [-0.15, -0.1) is 11.3 Å². The Hall–Kier alpha value is -1.45. The Kier molecular flexibility index (Phi) is 5.67. The Morgan fingerprint density at radius 3 is 2.67 bits per heavy atom. The second-order valence-corrected chi connectivity index (χ2v) is 9.38. The first-order valence-electron chi connectivity index (χ1n) is 7.36. The van der Waals surface area contributed by atoms with E-state index in [0.29, 0.717) is 22.8 Å². The molecule has 2 heterocycles. The van der Waals surface area contributed by atoms with E-state index in [0.717, 1.165) is 11.3 Å². The molecule has 24 heavy (non-hydrogen) atoms. The van der Waals surface area contributed by atoms with Crippen LogP contribution in [-0.4, -0.2) is 34.3 Å². The first kappa shape index (κ1) is 18.9. The Labute approximate surface area is 150 Å². The van der Waals surface area contributed by atoms with E-state index in [-0.39, 0.29) is 22.5 Å². The molecule has 0 bridgehead atoms. The number of carbonyl (C=O) groups is 1. The van der Waals surface area contributed by atoms with E-state index in [1.165, 1.54) is 4.68 Å². The molecule has 0 radical (unpaired) electrons. The second kappa shape index (κ2) is 7.20. The zero-order chi connectivity index (χ0) is 18.1. The standard InChI is InChI=1S/C14H19ClN4O3S2/c1-5-10-11(15)12(19(4)18-10)13(20)16-6-9-7-23-14(17-9)24(21,22)8(2)3/h7-8H,5-6H2,1-4H3,(H,16,20). The molecule has 0 atom stereocenters. The van der Waals surface area contributed by atoms with Crippen molar-refractivity contribution < 1.29 is 13.2 Å². The second-order valence-electron chi connectivity index (χ2n) is 5.47. The number of hydrogen-bond acceptors (Lipinski definition) is 6. The van der Waals surface area contributed by atoms with Crippen LogP contribution in [-0.2, 0) is 29.9 Å². The van der Waals surface area contributed by atoms with E-state index < -0.39 is 15.1 Å². The lowest BCUT2D eigenvalue weighted by Gasteiger charge is -2.05. The van der Waals surface area contributed by atoms with E-state index in [1.807, 2.05) is 6.92 Å². The summed E-state index contributed by atoms with van der Waals surface area (Å²) in [5.41, 5.74) is 1.42. The lowest BCUT2D eigenvalue weighted by molar-refractivity contribution is 0.0941. The number of thiazole rings is 1. The lowest BCUT2D eigenvalue weighted by Crippen LogP contribution is -2.25. The number of nitrogens with zero attached hydrogens (tertiary/aromatic N) is 3. The molecule has 132 valence electrons. The molecule has 0 aliphatic heterocycles. The van der Waals surface area contributed by atoms with Crippen molar-refractivity contribution in [2.75, 3.05) is 0 Å². The topological polar surface area (TPSA) is 94.0 Å². The van der Waals surface area contributed by atoms with E-state index in [4.69, 9.17) is 11.6 Å². The fraction of sp³-hybridized carbons (Fsp3) is 0.500. The molecule has 10 heteroatoms. The van der Waals surface area contributed by atoms with Gasteiger partial charge in [0.2, 0.25) is 14.2 Å². The van der Waals surface area contributed by atoms with Crippen molar-refractivity contribution in [3.8, 4) is 0 Å². The third-order valence-electron chi connectivity index (χ3n) is 3.43. The monoisotopic (exact) mass is 390 g/mol. The minimum atomic E-state index is -3.40. The molecule has 0 aromatic carbocycles.